The third kappa shape index (κ3) is 2.83. The molecule has 0 aromatic rings. The van der Waals surface area contributed by atoms with Gasteiger partial charge in [0, 0.05) is 19.2 Å². The molecule has 15 heavy (non-hydrogen) atoms. The highest BCUT2D eigenvalue weighted by atomic mass is 19.4. The quantitative estimate of drug-likeness (QED) is 0.580. The van der Waals surface area contributed by atoms with E-state index < -0.39 is 30.1 Å². The number of aliphatic imine (C=N–C) groups is 1. The lowest BCUT2D eigenvalue weighted by molar-refractivity contribution is -0.365. The molecule has 1 N–H and O–H groups in total. The van der Waals surface area contributed by atoms with E-state index in [2.05, 4.69) is 4.99 Å². The summed E-state index contributed by atoms with van der Waals surface area (Å²) in [6.07, 6.45) is -13.2. The van der Waals surface area contributed by atoms with Crippen LogP contribution in [0.3, 0.4) is 0 Å². The van der Waals surface area contributed by atoms with Gasteiger partial charge in [0.05, 0.1) is 0 Å². The van der Waals surface area contributed by atoms with E-state index in [0.717, 1.165) is 14.0 Å². The summed E-state index contributed by atoms with van der Waals surface area (Å²) in [6.45, 7) is 0.975. The van der Waals surface area contributed by atoms with Crippen LogP contribution in [0.25, 0.3) is 0 Å². The van der Waals surface area contributed by atoms with Crippen molar-refractivity contribution < 1.29 is 31.4 Å². The van der Waals surface area contributed by atoms with Crippen molar-refractivity contribution in [2.24, 2.45) is 4.99 Å². The molecule has 0 aromatic carbocycles. The maximum absolute atomic E-state index is 12.1. The van der Waals surface area contributed by atoms with E-state index >= 15 is 0 Å². The zero-order valence-corrected chi connectivity index (χ0v) is 7.87. The monoisotopic (exact) mass is 237 g/mol. The molecule has 0 fully saturated rings. The van der Waals surface area contributed by atoms with Crippen molar-refractivity contribution in [1.82, 2.24) is 0 Å². The van der Waals surface area contributed by atoms with Crippen LogP contribution in [0.5, 0.6) is 0 Å². The number of hydrogen-bond donors (Lipinski definition) is 1. The zero-order valence-electron chi connectivity index (χ0n) is 7.87. The van der Waals surface area contributed by atoms with Crippen molar-refractivity contribution in [3.05, 3.63) is 0 Å². The van der Waals surface area contributed by atoms with E-state index in [-0.39, 0.29) is 0 Å². The molecule has 0 unspecified atom stereocenters. The van der Waals surface area contributed by atoms with E-state index in [1.165, 1.54) is 0 Å². The molecule has 0 rings (SSSR count). The van der Waals surface area contributed by atoms with Gasteiger partial charge in [0.2, 0.25) is 0 Å². The molecular weight excluding hydrogens is 228 g/mol. The molecule has 8 heteroatoms. The second-order valence-electron chi connectivity index (χ2n) is 2.99. The fourth-order valence-electron chi connectivity index (χ4n) is 0.810. The first kappa shape index (κ1) is 14.2. The Balaban J connectivity index is 5.25. The Kier molecular flexibility index (Phi) is 3.78. The molecule has 0 spiro atoms. The van der Waals surface area contributed by atoms with Crippen LogP contribution in [0, 0.1) is 0 Å². The van der Waals surface area contributed by atoms with Crippen LogP contribution in [-0.4, -0.2) is 35.8 Å². The van der Waals surface area contributed by atoms with Crippen LogP contribution in [0.4, 0.5) is 26.3 Å². The summed E-state index contributed by atoms with van der Waals surface area (Å²) in [5.74, 6) is 0. The summed E-state index contributed by atoms with van der Waals surface area (Å²) in [5, 5.41) is 8.65. The van der Waals surface area contributed by atoms with Crippen molar-refractivity contribution in [3.8, 4) is 0 Å². The Hall–Kier alpha value is -0.790. The second kappa shape index (κ2) is 3.99. The van der Waals surface area contributed by atoms with Crippen LogP contribution in [-0.2, 0) is 0 Å². The van der Waals surface area contributed by atoms with Gasteiger partial charge in [-0.25, -0.2) is 0 Å². The van der Waals surface area contributed by atoms with Gasteiger partial charge in [-0.3, -0.25) is 4.99 Å². The minimum absolute atomic E-state index is 0.438. The third-order valence-electron chi connectivity index (χ3n) is 1.83. The standard InChI is InChI=1S/C7H9F6NO/c1-4(14-2)3-5(15,6(8,9)10)7(11,12)13/h15H,3H2,1-2H3. The zero-order chi connectivity index (χ0) is 12.5. The Morgan fingerprint density at radius 1 is 1.07 bits per heavy atom. The number of aliphatic hydroxyl groups is 1. The predicted molar refractivity (Wildman–Crippen MR) is 40.7 cm³/mol. The minimum atomic E-state index is -5.78. The molecule has 0 atom stereocenters. The van der Waals surface area contributed by atoms with E-state index in [4.69, 9.17) is 5.11 Å². The summed E-state index contributed by atoms with van der Waals surface area (Å²) in [5.41, 5.74) is -5.17. The molecule has 0 aromatic heterocycles. The number of rotatable bonds is 2. The summed E-state index contributed by atoms with van der Waals surface area (Å²) in [6, 6.07) is 0. The largest absolute Gasteiger partial charge is 0.426 e. The highest BCUT2D eigenvalue weighted by Gasteiger charge is 2.70. The van der Waals surface area contributed by atoms with Crippen molar-refractivity contribution in [2.75, 3.05) is 7.05 Å². The van der Waals surface area contributed by atoms with Crippen LogP contribution in [0.15, 0.2) is 4.99 Å². The van der Waals surface area contributed by atoms with Crippen LogP contribution < -0.4 is 0 Å². The number of nitrogens with zero attached hydrogens (tertiary/aromatic N) is 1. The van der Waals surface area contributed by atoms with E-state index in [9.17, 15) is 26.3 Å². The number of alkyl halides is 6. The van der Waals surface area contributed by atoms with Gasteiger partial charge in [0.1, 0.15) is 0 Å². The van der Waals surface area contributed by atoms with Crippen LogP contribution in [0.2, 0.25) is 0 Å². The molecule has 0 saturated carbocycles. The topological polar surface area (TPSA) is 32.6 Å². The highest BCUT2D eigenvalue weighted by molar-refractivity contribution is 5.83. The number of halogens is 6. The molecule has 0 aliphatic heterocycles. The predicted octanol–water partition coefficient (Wildman–Crippen LogP) is 2.32. The Bertz CT molecular complexity index is 239. The van der Waals surface area contributed by atoms with Crippen molar-refractivity contribution >= 4 is 5.71 Å². The van der Waals surface area contributed by atoms with E-state index in [1.807, 2.05) is 0 Å². The maximum atomic E-state index is 12.1. The molecule has 0 aliphatic carbocycles. The summed E-state index contributed by atoms with van der Waals surface area (Å²) in [4.78, 5) is 3.16. The molecular formula is C7H9F6NO. The van der Waals surface area contributed by atoms with Gasteiger partial charge >= 0.3 is 12.4 Å². The Morgan fingerprint density at radius 3 is 1.60 bits per heavy atom. The fourth-order valence-corrected chi connectivity index (χ4v) is 0.810. The first-order valence-corrected chi connectivity index (χ1v) is 3.74. The first-order chi connectivity index (χ1) is 6.45. The average Bonchev–Trinajstić information content (AvgIpc) is 1.99. The van der Waals surface area contributed by atoms with Crippen molar-refractivity contribution in [2.45, 2.75) is 31.3 Å². The SMILES string of the molecule is CN=C(C)CC(O)(C(F)(F)F)C(F)(F)F. The Morgan fingerprint density at radius 2 is 1.40 bits per heavy atom. The van der Waals surface area contributed by atoms with Gasteiger partial charge in [-0.05, 0) is 6.92 Å². The van der Waals surface area contributed by atoms with E-state index in [0.29, 0.717) is 0 Å². The number of hydrogen-bond acceptors (Lipinski definition) is 2. The molecule has 0 heterocycles. The average molecular weight is 237 g/mol. The third-order valence-corrected chi connectivity index (χ3v) is 1.83. The van der Waals surface area contributed by atoms with Gasteiger partial charge in [-0.1, -0.05) is 0 Å². The lowest BCUT2D eigenvalue weighted by atomic mass is 9.95. The Labute approximate surface area is 81.6 Å². The van der Waals surface area contributed by atoms with Gasteiger partial charge in [-0.15, -0.1) is 0 Å². The molecule has 0 aliphatic rings. The second-order valence-corrected chi connectivity index (χ2v) is 2.99. The van der Waals surface area contributed by atoms with E-state index in [1.54, 1.807) is 0 Å². The van der Waals surface area contributed by atoms with Crippen molar-refractivity contribution in [1.29, 1.82) is 0 Å². The minimum Gasteiger partial charge on any atom is -0.373 e. The van der Waals surface area contributed by atoms with Crippen LogP contribution >= 0.6 is 0 Å². The highest BCUT2D eigenvalue weighted by Crippen LogP contribution is 2.45. The van der Waals surface area contributed by atoms with Gasteiger partial charge in [-0.2, -0.15) is 26.3 Å². The van der Waals surface area contributed by atoms with Gasteiger partial charge < -0.3 is 5.11 Å². The normalized spacial score (nSPS) is 15.7. The van der Waals surface area contributed by atoms with Crippen molar-refractivity contribution in [3.63, 3.8) is 0 Å². The maximum Gasteiger partial charge on any atom is 0.426 e. The molecule has 90 valence electrons. The molecule has 0 saturated heterocycles. The summed E-state index contributed by atoms with van der Waals surface area (Å²) in [7, 11) is 1.04. The molecule has 0 amide bonds. The summed E-state index contributed by atoms with van der Waals surface area (Å²) >= 11 is 0. The first-order valence-electron chi connectivity index (χ1n) is 3.74. The fraction of sp³-hybridized carbons (Fsp3) is 0.857. The smallest absolute Gasteiger partial charge is 0.373 e. The molecule has 0 radical (unpaired) electrons. The lowest BCUT2D eigenvalue weighted by Gasteiger charge is -2.32. The molecule has 0 bridgehead atoms. The van der Waals surface area contributed by atoms with Gasteiger partial charge in [0.25, 0.3) is 5.60 Å². The lowest BCUT2D eigenvalue weighted by Crippen LogP contribution is -2.57. The molecule has 2 nitrogen and oxygen atoms in total. The van der Waals surface area contributed by atoms with Crippen LogP contribution in [0.1, 0.15) is 13.3 Å². The summed E-state index contributed by atoms with van der Waals surface area (Å²) < 4.78 is 72.4. The van der Waals surface area contributed by atoms with Gasteiger partial charge in [0.15, 0.2) is 0 Å².